The molecule has 3 fully saturated rings. The molecule has 0 aromatic heterocycles. The molecule has 0 aromatic rings. The quantitative estimate of drug-likeness (QED) is 0.103. The van der Waals surface area contributed by atoms with Crippen LogP contribution >= 0.6 is 12.6 Å². The molecule has 6 N–H and O–H groups in total. The van der Waals surface area contributed by atoms with Crippen molar-refractivity contribution in [1.82, 2.24) is 31.5 Å². The molecule has 0 unspecified atom stereocenters. The van der Waals surface area contributed by atoms with E-state index in [1.165, 1.54) is 4.90 Å². The highest BCUT2D eigenvalue weighted by atomic mass is 32.1. The van der Waals surface area contributed by atoms with Gasteiger partial charge in [0.1, 0.15) is 12.1 Å². The largest absolute Gasteiger partial charge is 0.369 e. The van der Waals surface area contributed by atoms with E-state index in [1.54, 1.807) is 0 Å². The van der Waals surface area contributed by atoms with Crippen LogP contribution < -0.4 is 26.6 Å². The summed E-state index contributed by atoms with van der Waals surface area (Å²) in [4.78, 5) is 66.0. The first-order chi connectivity index (χ1) is 20.1. The van der Waals surface area contributed by atoms with Gasteiger partial charge in [-0.15, -0.1) is 12.6 Å². The van der Waals surface area contributed by atoms with E-state index in [0.717, 1.165) is 6.42 Å². The van der Waals surface area contributed by atoms with Crippen LogP contribution in [-0.2, 0) is 19.2 Å². The van der Waals surface area contributed by atoms with E-state index >= 15 is 0 Å². The van der Waals surface area contributed by atoms with Crippen molar-refractivity contribution in [2.24, 2.45) is 28.6 Å². The Bertz CT molecular complexity index is 1130. The molecule has 7 atom stereocenters. The molecule has 3 aliphatic rings. The number of urea groups is 1. The summed E-state index contributed by atoms with van der Waals surface area (Å²) in [5.74, 6) is -2.49. The Morgan fingerprint density at radius 3 is 2.27 bits per heavy atom. The number of thiol groups is 1. The molecule has 44 heavy (non-hydrogen) atoms. The van der Waals surface area contributed by atoms with Crippen LogP contribution in [0.25, 0.3) is 0 Å². The monoisotopic (exact) mass is 638 g/mol. The molecule has 2 aliphatic heterocycles. The molecule has 250 valence electrons. The lowest BCUT2D eigenvalue weighted by atomic mass is 9.85. The first-order valence-electron chi connectivity index (χ1n) is 15.8. The minimum atomic E-state index is -2.31. The normalized spacial score (nSPS) is 26.9. The second kappa shape index (κ2) is 13.1. The minimum absolute atomic E-state index is 0.00390. The number of aliphatic hydroxyl groups is 1. The van der Waals surface area contributed by atoms with Crippen molar-refractivity contribution in [3.63, 3.8) is 0 Å². The summed E-state index contributed by atoms with van der Waals surface area (Å²) in [6.07, 6.45) is 2.02. The molecular weight excluding hydrogens is 584 g/mol. The average molecular weight is 639 g/mol. The number of fused-ring (bicyclic) bond motifs is 1. The Kier molecular flexibility index (Phi) is 10.7. The lowest BCUT2D eigenvalue weighted by molar-refractivity contribution is -0.145. The Hall–Kier alpha value is -2.54. The summed E-state index contributed by atoms with van der Waals surface area (Å²) in [6.45, 7) is 18.3. The predicted molar refractivity (Wildman–Crippen MR) is 170 cm³/mol. The van der Waals surface area contributed by atoms with Crippen molar-refractivity contribution in [3.05, 3.63) is 0 Å². The molecule has 2 heterocycles. The number of hydrogen-bond donors (Lipinski definition) is 7. The van der Waals surface area contributed by atoms with Gasteiger partial charge in [-0.2, -0.15) is 0 Å². The first-order valence-corrected chi connectivity index (χ1v) is 16.3. The number of piperidine rings is 1. The van der Waals surface area contributed by atoms with E-state index in [9.17, 15) is 29.1 Å². The highest BCUT2D eigenvalue weighted by molar-refractivity contribution is 7.82. The summed E-state index contributed by atoms with van der Waals surface area (Å²) in [7, 11) is 0. The van der Waals surface area contributed by atoms with Crippen molar-refractivity contribution < 1.29 is 29.1 Å². The fraction of sp³-hybridized carbons (Fsp3) is 0.839. The predicted octanol–water partition coefficient (Wildman–Crippen LogP) is 1.53. The highest BCUT2D eigenvalue weighted by Gasteiger charge is 2.70. The summed E-state index contributed by atoms with van der Waals surface area (Å²) in [5, 5.41) is 25.3. The van der Waals surface area contributed by atoms with Crippen LogP contribution in [-0.4, -0.2) is 87.9 Å². The lowest BCUT2D eigenvalue weighted by Gasteiger charge is -2.39. The zero-order chi connectivity index (χ0) is 33.4. The summed E-state index contributed by atoms with van der Waals surface area (Å²) >= 11 is 4.33. The molecule has 0 aromatic carbocycles. The van der Waals surface area contributed by atoms with E-state index in [0.29, 0.717) is 32.5 Å². The Morgan fingerprint density at radius 2 is 1.75 bits per heavy atom. The van der Waals surface area contributed by atoms with Gasteiger partial charge in [0, 0.05) is 31.1 Å². The number of amides is 6. The standard InChI is InChI=1S/C31H54N6O6S/c1-10-11-13-33-26(41)31(43,44)19(15-17-12-14-32-23(17)38)34-24(39)21-20-18(30(20,8)9)16-37(21)25(40)22(28(2,3)4)35-27(42)36-29(5,6)7/h17-22,43-44H,10-16H2,1-9H3,(H,32,38)(H,33,41)(H,34,39)(H2,35,36,42)/t17-,18-,19-,20-,21-,22+,31-/m0/s1. The topological polar surface area (TPSA) is 169 Å². The minimum Gasteiger partial charge on any atom is -0.369 e. The summed E-state index contributed by atoms with van der Waals surface area (Å²) in [6, 6.07) is -3.52. The molecule has 12 nitrogen and oxygen atoms in total. The van der Waals surface area contributed by atoms with E-state index in [1.807, 2.05) is 48.5 Å². The number of carbonyl (C=O) groups is 5. The van der Waals surface area contributed by atoms with Crippen LogP contribution in [0.4, 0.5) is 4.79 Å². The zero-order valence-corrected chi connectivity index (χ0v) is 28.7. The van der Waals surface area contributed by atoms with Gasteiger partial charge in [0.15, 0.2) is 0 Å². The first kappa shape index (κ1) is 35.9. The Labute approximate surface area is 267 Å². The van der Waals surface area contributed by atoms with Crippen LogP contribution in [0.2, 0.25) is 0 Å². The van der Waals surface area contributed by atoms with Crippen LogP contribution in [0.3, 0.4) is 0 Å². The van der Waals surface area contributed by atoms with Crippen LogP contribution in [0.5, 0.6) is 0 Å². The van der Waals surface area contributed by atoms with Crippen LogP contribution in [0.15, 0.2) is 0 Å². The fourth-order valence-electron chi connectivity index (χ4n) is 6.54. The van der Waals surface area contributed by atoms with Crippen molar-refractivity contribution in [2.75, 3.05) is 19.6 Å². The lowest BCUT2D eigenvalue weighted by Crippen LogP contribution is -2.64. The average Bonchev–Trinajstić information content (AvgIpc) is 3.23. The molecular formula is C31H54N6O6S. The van der Waals surface area contributed by atoms with E-state index in [4.69, 9.17) is 0 Å². The smallest absolute Gasteiger partial charge is 0.315 e. The number of rotatable bonds is 11. The van der Waals surface area contributed by atoms with Gasteiger partial charge >= 0.3 is 6.03 Å². The third-order valence-electron chi connectivity index (χ3n) is 9.27. The van der Waals surface area contributed by atoms with Crippen LogP contribution in [0.1, 0.15) is 88.0 Å². The zero-order valence-electron chi connectivity index (χ0n) is 27.8. The summed E-state index contributed by atoms with van der Waals surface area (Å²) in [5.41, 5.74) is -1.40. The Balaban J connectivity index is 1.90. The molecule has 1 saturated carbocycles. The number of nitrogens with one attached hydrogen (secondary N) is 5. The van der Waals surface area contributed by atoms with Gasteiger partial charge in [-0.1, -0.05) is 48.0 Å². The number of nitrogens with zero attached hydrogens (tertiary/aromatic N) is 1. The van der Waals surface area contributed by atoms with Crippen molar-refractivity contribution >= 4 is 42.3 Å². The molecule has 1 aliphatic carbocycles. The number of hydrogen-bond acceptors (Lipinski definition) is 7. The Morgan fingerprint density at radius 1 is 1.11 bits per heavy atom. The van der Waals surface area contributed by atoms with E-state index in [-0.39, 0.29) is 35.5 Å². The second-order valence-electron chi connectivity index (χ2n) is 15.4. The highest BCUT2D eigenvalue weighted by Crippen LogP contribution is 2.65. The van der Waals surface area contributed by atoms with Gasteiger partial charge < -0.3 is 36.6 Å². The van der Waals surface area contributed by atoms with Gasteiger partial charge in [-0.3, -0.25) is 19.2 Å². The van der Waals surface area contributed by atoms with E-state index in [2.05, 4.69) is 53.1 Å². The number of likely N-dealkylation sites (tertiary alicyclic amines) is 1. The molecule has 6 amide bonds. The molecule has 13 heteroatoms. The van der Waals surface area contributed by atoms with Gasteiger partial charge in [-0.05, 0) is 62.7 Å². The molecule has 0 radical (unpaired) electrons. The fourth-order valence-corrected chi connectivity index (χ4v) is 6.79. The maximum atomic E-state index is 14.2. The maximum absolute atomic E-state index is 14.2. The van der Waals surface area contributed by atoms with Crippen molar-refractivity contribution in [3.8, 4) is 0 Å². The van der Waals surface area contributed by atoms with Gasteiger partial charge in [-0.25, -0.2) is 4.79 Å². The van der Waals surface area contributed by atoms with Gasteiger partial charge in [0.2, 0.25) is 22.7 Å². The molecule has 0 bridgehead atoms. The molecule has 2 saturated heterocycles. The van der Waals surface area contributed by atoms with Gasteiger partial charge in [0.25, 0.3) is 5.91 Å². The second-order valence-corrected chi connectivity index (χ2v) is 16.1. The maximum Gasteiger partial charge on any atom is 0.315 e. The van der Waals surface area contributed by atoms with Crippen molar-refractivity contribution in [1.29, 1.82) is 0 Å². The molecule has 3 rings (SSSR count). The SMILES string of the molecule is CCCCNC(=O)[C@@](O)(S)[C@H](C[C@@H]1CCNC1=O)NC(=O)[C@@H]1[C@@H]2[C@H](CN1C(=O)[C@@H](NC(=O)NC(C)(C)C)C(C)(C)C)C2(C)C. The van der Waals surface area contributed by atoms with Crippen molar-refractivity contribution in [2.45, 2.75) is 117 Å². The van der Waals surface area contributed by atoms with E-state index < -0.39 is 57.8 Å². The van der Waals surface area contributed by atoms with Crippen LogP contribution in [0, 0.1) is 28.6 Å². The number of unbranched alkanes of at least 4 members (excludes halogenated alkanes) is 1. The third kappa shape index (κ3) is 7.99. The number of carbonyl (C=O) groups excluding carboxylic acids is 5. The third-order valence-corrected chi connectivity index (χ3v) is 9.79. The molecule has 0 spiro atoms. The summed E-state index contributed by atoms with van der Waals surface area (Å²) < 4.78 is 0. The van der Waals surface area contributed by atoms with Gasteiger partial charge in [0.05, 0.1) is 6.04 Å².